The number of rotatable bonds is 6. The first kappa shape index (κ1) is 19.6. The molecule has 1 aliphatic heterocycles. The Morgan fingerprint density at radius 2 is 1.97 bits per heavy atom. The SMILES string of the molecule is Cc1c(-c2noc(C(=O)NCCC(C)N3CCCCCC3)n2)oc2ccccc12. The van der Waals surface area contributed by atoms with Gasteiger partial charge in [0.25, 0.3) is 0 Å². The lowest BCUT2D eigenvalue weighted by atomic mass is 10.1. The molecule has 1 fully saturated rings. The first-order valence-corrected chi connectivity index (χ1v) is 10.5. The predicted molar refractivity (Wildman–Crippen MR) is 111 cm³/mol. The van der Waals surface area contributed by atoms with Crippen LogP contribution >= 0.6 is 0 Å². The Hall–Kier alpha value is -2.67. The summed E-state index contributed by atoms with van der Waals surface area (Å²) >= 11 is 0. The van der Waals surface area contributed by atoms with Crippen LogP contribution in [0.3, 0.4) is 0 Å². The fourth-order valence-corrected chi connectivity index (χ4v) is 3.98. The molecular weight excluding hydrogens is 368 g/mol. The number of fused-ring (bicyclic) bond motifs is 1. The van der Waals surface area contributed by atoms with Crippen molar-refractivity contribution in [2.45, 2.75) is 52.0 Å². The van der Waals surface area contributed by atoms with E-state index in [1.54, 1.807) is 0 Å². The lowest BCUT2D eigenvalue weighted by Gasteiger charge is -2.27. The summed E-state index contributed by atoms with van der Waals surface area (Å²) in [6, 6.07) is 8.19. The van der Waals surface area contributed by atoms with Gasteiger partial charge in [0.05, 0.1) is 0 Å². The van der Waals surface area contributed by atoms with Gasteiger partial charge in [0.15, 0.2) is 5.76 Å². The zero-order valence-corrected chi connectivity index (χ0v) is 17.1. The minimum absolute atomic E-state index is 0.0396. The van der Waals surface area contributed by atoms with Crippen molar-refractivity contribution in [1.29, 1.82) is 0 Å². The first-order chi connectivity index (χ1) is 14.1. The number of carbonyl (C=O) groups excluding carboxylic acids is 1. The van der Waals surface area contributed by atoms with Crippen LogP contribution in [0.2, 0.25) is 0 Å². The number of carbonyl (C=O) groups is 1. The number of likely N-dealkylation sites (tertiary alicyclic amines) is 1. The molecule has 7 heteroatoms. The molecule has 1 amide bonds. The lowest BCUT2D eigenvalue weighted by molar-refractivity contribution is 0.0904. The quantitative estimate of drug-likeness (QED) is 0.673. The van der Waals surface area contributed by atoms with Crippen LogP contribution in [0.5, 0.6) is 0 Å². The van der Waals surface area contributed by atoms with E-state index in [2.05, 4.69) is 27.3 Å². The third-order valence-electron chi connectivity index (χ3n) is 5.78. The van der Waals surface area contributed by atoms with E-state index in [1.165, 1.54) is 25.7 Å². The summed E-state index contributed by atoms with van der Waals surface area (Å²) in [6.45, 7) is 7.06. The smallest absolute Gasteiger partial charge is 0.316 e. The molecule has 7 nitrogen and oxygen atoms in total. The maximum absolute atomic E-state index is 12.4. The predicted octanol–water partition coefficient (Wildman–Crippen LogP) is 4.18. The second-order valence-corrected chi connectivity index (χ2v) is 7.82. The van der Waals surface area contributed by atoms with E-state index >= 15 is 0 Å². The number of nitrogens with one attached hydrogen (secondary N) is 1. The summed E-state index contributed by atoms with van der Waals surface area (Å²) in [5, 5.41) is 7.84. The molecule has 1 aromatic carbocycles. The van der Waals surface area contributed by atoms with Gasteiger partial charge in [-0.05, 0) is 52.3 Å². The zero-order valence-electron chi connectivity index (χ0n) is 17.1. The van der Waals surface area contributed by atoms with Crippen LogP contribution in [0, 0.1) is 6.92 Å². The molecule has 154 valence electrons. The molecule has 1 atom stereocenters. The average molecular weight is 396 g/mol. The molecule has 1 saturated heterocycles. The maximum Gasteiger partial charge on any atom is 0.316 e. The number of hydrogen-bond donors (Lipinski definition) is 1. The van der Waals surface area contributed by atoms with Gasteiger partial charge in [-0.15, -0.1) is 0 Å². The van der Waals surface area contributed by atoms with Gasteiger partial charge >= 0.3 is 11.8 Å². The van der Waals surface area contributed by atoms with E-state index in [9.17, 15) is 4.79 Å². The van der Waals surface area contributed by atoms with Crippen molar-refractivity contribution in [2.24, 2.45) is 0 Å². The highest BCUT2D eigenvalue weighted by atomic mass is 16.5. The van der Waals surface area contributed by atoms with Crippen LogP contribution < -0.4 is 5.32 Å². The van der Waals surface area contributed by atoms with Crippen LogP contribution in [0.1, 0.15) is 55.3 Å². The van der Waals surface area contributed by atoms with Gasteiger partial charge in [0, 0.05) is 23.5 Å². The van der Waals surface area contributed by atoms with Gasteiger partial charge in [-0.25, -0.2) is 0 Å². The number of furan rings is 1. The topological polar surface area (TPSA) is 84.4 Å². The molecule has 29 heavy (non-hydrogen) atoms. The second-order valence-electron chi connectivity index (χ2n) is 7.82. The molecule has 0 spiro atoms. The van der Waals surface area contributed by atoms with Crippen LogP contribution in [0.25, 0.3) is 22.6 Å². The minimum Gasteiger partial charge on any atom is -0.452 e. The summed E-state index contributed by atoms with van der Waals surface area (Å²) < 4.78 is 11.0. The maximum atomic E-state index is 12.4. The Bertz CT molecular complexity index is 970. The van der Waals surface area contributed by atoms with Gasteiger partial charge in [-0.2, -0.15) is 4.98 Å². The first-order valence-electron chi connectivity index (χ1n) is 10.5. The van der Waals surface area contributed by atoms with Crippen molar-refractivity contribution in [3.63, 3.8) is 0 Å². The monoisotopic (exact) mass is 396 g/mol. The molecule has 1 N–H and O–H groups in total. The molecule has 2 aromatic heterocycles. The van der Waals surface area contributed by atoms with E-state index < -0.39 is 0 Å². The number of aromatic nitrogens is 2. The fraction of sp³-hybridized carbons (Fsp3) is 0.500. The van der Waals surface area contributed by atoms with Gasteiger partial charge in [0.1, 0.15) is 5.58 Å². The molecule has 1 unspecified atom stereocenters. The van der Waals surface area contributed by atoms with Crippen molar-refractivity contribution in [1.82, 2.24) is 20.4 Å². The number of aryl methyl sites for hydroxylation is 1. The van der Waals surface area contributed by atoms with E-state index in [-0.39, 0.29) is 11.8 Å². The highest BCUT2D eigenvalue weighted by Gasteiger charge is 2.21. The summed E-state index contributed by atoms with van der Waals surface area (Å²) in [7, 11) is 0. The molecule has 4 rings (SSSR count). The Labute approximate surface area is 170 Å². The van der Waals surface area contributed by atoms with Crippen molar-refractivity contribution in [3.8, 4) is 11.6 Å². The highest BCUT2D eigenvalue weighted by molar-refractivity contribution is 5.90. The normalized spacial score (nSPS) is 16.6. The standard InChI is InChI=1S/C22H28N4O3/c1-15(26-13-7-3-4-8-14-26)11-12-23-21(27)22-24-20(25-29-22)19-16(2)17-9-5-6-10-18(17)28-19/h5-6,9-10,15H,3-4,7-8,11-14H2,1-2H3,(H,23,27). The molecule has 0 bridgehead atoms. The molecule has 0 saturated carbocycles. The summed E-state index contributed by atoms with van der Waals surface area (Å²) in [5.74, 6) is 0.438. The number of hydrogen-bond acceptors (Lipinski definition) is 6. The second kappa shape index (κ2) is 8.78. The van der Waals surface area contributed by atoms with Gasteiger partial charge in [-0.3, -0.25) is 4.79 Å². The summed E-state index contributed by atoms with van der Waals surface area (Å²) in [6.07, 6.45) is 6.08. The van der Waals surface area contributed by atoms with Crippen molar-refractivity contribution in [3.05, 3.63) is 35.7 Å². The highest BCUT2D eigenvalue weighted by Crippen LogP contribution is 2.31. The third kappa shape index (κ3) is 4.34. The van der Waals surface area contributed by atoms with Crippen LogP contribution in [0.4, 0.5) is 0 Å². The van der Waals surface area contributed by atoms with Gasteiger partial charge in [0.2, 0.25) is 5.82 Å². The van der Waals surface area contributed by atoms with Crippen molar-refractivity contribution >= 4 is 16.9 Å². The van der Waals surface area contributed by atoms with Gasteiger partial charge < -0.3 is 19.2 Å². The van der Waals surface area contributed by atoms with E-state index in [4.69, 9.17) is 8.94 Å². The van der Waals surface area contributed by atoms with Crippen LogP contribution in [0.15, 0.2) is 33.2 Å². The molecule has 3 heterocycles. The molecule has 0 aliphatic carbocycles. The Kier molecular flexibility index (Phi) is 5.94. The lowest BCUT2D eigenvalue weighted by Crippen LogP contribution is -2.37. The minimum atomic E-state index is -0.347. The van der Waals surface area contributed by atoms with Crippen molar-refractivity contribution in [2.75, 3.05) is 19.6 Å². The Morgan fingerprint density at radius 3 is 2.72 bits per heavy atom. The molecule has 1 aliphatic rings. The van der Waals surface area contributed by atoms with Crippen LogP contribution in [-0.2, 0) is 0 Å². The largest absolute Gasteiger partial charge is 0.452 e. The summed E-state index contributed by atoms with van der Waals surface area (Å²) in [5.41, 5.74) is 1.69. The zero-order chi connectivity index (χ0) is 20.2. The van der Waals surface area contributed by atoms with E-state index in [0.717, 1.165) is 36.0 Å². The molecular formula is C22H28N4O3. The number of para-hydroxylation sites is 1. The van der Waals surface area contributed by atoms with Gasteiger partial charge in [-0.1, -0.05) is 36.2 Å². The third-order valence-corrected chi connectivity index (χ3v) is 5.78. The number of nitrogens with zero attached hydrogens (tertiary/aromatic N) is 3. The van der Waals surface area contributed by atoms with E-state index in [0.29, 0.717) is 24.2 Å². The van der Waals surface area contributed by atoms with Crippen molar-refractivity contribution < 1.29 is 13.7 Å². The van der Waals surface area contributed by atoms with E-state index in [1.807, 2.05) is 31.2 Å². The molecule has 3 aromatic rings. The Balaban J connectivity index is 1.35. The summed E-state index contributed by atoms with van der Waals surface area (Å²) in [4.78, 5) is 19.2. The molecule has 0 radical (unpaired) electrons. The number of benzene rings is 1. The van der Waals surface area contributed by atoms with Crippen LogP contribution in [-0.4, -0.2) is 46.6 Å². The average Bonchev–Trinajstić information content (AvgIpc) is 3.23. The fourth-order valence-electron chi connectivity index (χ4n) is 3.98. The number of amides is 1. The Morgan fingerprint density at radius 1 is 1.21 bits per heavy atom.